The molecule has 0 spiro atoms. The highest BCUT2D eigenvalue weighted by atomic mass is 35.5. The highest BCUT2D eigenvalue weighted by Crippen LogP contribution is 2.29. The normalized spacial score (nSPS) is 14.0. The van der Waals surface area contributed by atoms with Crippen LogP contribution in [0.15, 0.2) is 10.3 Å². The van der Waals surface area contributed by atoms with Crippen LogP contribution in [0, 0.1) is 6.92 Å². The fourth-order valence-electron chi connectivity index (χ4n) is 0.972. The molecule has 0 saturated carbocycles. The Hall–Kier alpha value is -0.140. The van der Waals surface area contributed by atoms with E-state index >= 15 is 0 Å². The first kappa shape index (κ1) is 13.9. The summed E-state index contributed by atoms with van der Waals surface area (Å²) in [6.07, 6.45) is 0. The Morgan fingerprint density at radius 3 is 2.62 bits per heavy atom. The summed E-state index contributed by atoms with van der Waals surface area (Å²) in [6, 6.07) is 1.67. The Kier molecular flexibility index (Phi) is 4.75. The van der Waals surface area contributed by atoms with E-state index in [2.05, 4.69) is 10.0 Å². The summed E-state index contributed by atoms with van der Waals surface area (Å²) in [5.41, 5.74) is 0.786. The molecule has 1 aromatic rings. The molecule has 4 nitrogen and oxygen atoms in total. The number of rotatable bonds is 5. The van der Waals surface area contributed by atoms with Gasteiger partial charge in [0.25, 0.3) is 0 Å². The SMILES string of the molecule is CNC(C)CNS(=O)(=O)c1cc(C)c(Cl)s1. The average Bonchev–Trinajstić information content (AvgIpc) is 2.56. The number of nitrogens with one attached hydrogen (secondary N) is 2. The lowest BCUT2D eigenvalue weighted by Gasteiger charge is -2.10. The van der Waals surface area contributed by atoms with Gasteiger partial charge >= 0.3 is 0 Å². The Balaban J connectivity index is 2.78. The second-order valence-corrected chi connectivity index (χ2v) is 7.21. The minimum Gasteiger partial charge on any atom is -0.316 e. The van der Waals surface area contributed by atoms with E-state index in [1.54, 1.807) is 20.0 Å². The maximum atomic E-state index is 11.8. The summed E-state index contributed by atoms with van der Waals surface area (Å²) in [7, 11) is -1.64. The third kappa shape index (κ3) is 3.43. The Bertz CT molecular complexity index is 437. The van der Waals surface area contributed by atoms with E-state index in [9.17, 15) is 8.42 Å². The van der Waals surface area contributed by atoms with E-state index in [4.69, 9.17) is 11.6 Å². The third-order valence-electron chi connectivity index (χ3n) is 2.17. The number of hydrogen-bond acceptors (Lipinski definition) is 4. The summed E-state index contributed by atoms with van der Waals surface area (Å²) in [5.74, 6) is 0. The predicted molar refractivity (Wildman–Crippen MR) is 67.8 cm³/mol. The lowest BCUT2D eigenvalue weighted by atomic mass is 10.4. The highest BCUT2D eigenvalue weighted by Gasteiger charge is 2.18. The van der Waals surface area contributed by atoms with Crippen LogP contribution in [0.1, 0.15) is 12.5 Å². The molecule has 0 bridgehead atoms. The molecule has 1 aromatic heterocycles. The molecule has 92 valence electrons. The van der Waals surface area contributed by atoms with Crippen LogP contribution < -0.4 is 10.0 Å². The molecule has 0 fully saturated rings. The number of likely N-dealkylation sites (N-methyl/N-ethyl adjacent to an activating group) is 1. The topological polar surface area (TPSA) is 58.2 Å². The predicted octanol–water partition coefficient (Wildman–Crippen LogP) is 1.60. The van der Waals surface area contributed by atoms with Crippen LogP contribution in [0.5, 0.6) is 0 Å². The summed E-state index contributed by atoms with van der Waals surface area (Å²) in [4.78, 5) is 0. The fourth-order valence-corrected chi connectivity index (χ4v) is 3.85. The highest BCUT2D eigenvalue weighted by molar-refractivity contribution is 7.91. The van der Waals surface area contributed by atoms with Crippen molar-refractivity contribution in [2.24, 2.45) is 0 Å². The van der Waals surface area contributed by atoms with E-state index in [-0.39, 0.29) is 10.3 Å². The molecule has 0 aliphatic rings. The van der Waals surface area contributed by atoms with E-state index in [1.165, 1.54) is 0 Å². The van der Waals surface area contributed by atoms with Gasteiger partial charge in [-0.15, -0.1) is 11.3 Å². The zero-order valence-corrected chi connectivity index (χ0v) is 11.8. The fraction of sp³-hybridized carbons (Fsp3) is 0.556. The van der Waals surface area contributed by atoms with Crippen molar-refractivity contribution in [3.8, 4) is 0 Å². The molecule has 1 unspecified atom stereocenters. The van der Waals surface area contributed by atoms with Crippen molar-refractivity contribution >= 4 is 33.0 Å². The lowest BCUT2D eigenvalue weighted by Crippen LogP contribution is -2.36. The van der Waals surface area contributed by atoms with Crippen molar-refractivity contribution in [1.29, 1.82) is 0 Å². The Morgan fingerprint density at radius 2 is 2.19 bits per heavy atom. The van der Waals surface area contributed by atoms with E-state index in [1.807, 2.05) is 6.92 Å². The third-order valence-corrected chi connectivity index (χ3v) is 5.62. The van der Waals surface area contributed by atoms with Gasteiger partial charge in [-0.2, -0.15) is 0 Å². The van der Waals surface area contributed by atoms with E-state index < -0.39 is 10.0 Å². The summed E-state index contributed by atoms with van der Waals surface area (Å²) in [5, 5.41) is 2.96. The molecule has 1 heterocycles. The molecule has 7 heteroatoms. The lowest BCUT2D eigenvalue weighted by molar-refractivity contribution is 0.556. The van der Waals surface area contributed by atoms with Gasteiger partial charge in [-0.25, -0.2) is 13.1 Å². The van der Waals surface area contributed by atoms with Crippen molar-refractivity contribution in [3.63, 3.8) is 0 Å². The van der Waals surface area contributed by atoms with Crippen molar-refractivity contribution in [1.82, 2.24) is 10.0 Å². The maximum Gasteiger partial charge on any atom is 0.250 e. The molecule has 1 rings (SSSR count). The van der Waals surface area contributed by atoms with Crippen LogP contribution in [0.4, 0.5) is 0 Å². The van der Waals surface area contributed by atoms with Gasteiger partial charge in [0.1, 0.15) is 4.21 Å². The van der Waals surface area contributed by atoms with E-state index in [0.717, 1.165) is 16.9 Å². The van der Waals surface area contributed by atoms with Gasteiger partial charge in [0, 0.05) is 12.6 Å². The summed E-state index contributed by atoms with van der Waals surface area (Å²) < 4.78 is 27.0. The first-order chi connectivity index (χ1) is 7.36. The Labute approximate surface area is 105 Å². The van der Waals surface area contributed by atoms with Crippen LogP contribution in [-0.2, 0) is 10.0 Å². The van der Waals surface area contributed by atoms with Crippen LogP contribution in [-0.4, -0.2) is 28.1 Å². The van der Waals surface area contributed by atoms with Gasteiger partial charge in [0.2, 0.25) is 10.0 Å². The molecule has 0 aliphatic heterocycles. The van der Waals surface area contributed by atoms with Crippen LogP contribution in [0.25, 0.3) is 0 Å². The summed E-state index contributed by atoms with van der Waals surface area (Å²) >= 11 is 6.91. The van der Waals surface area contributed by atoms with Crippen LogP contribution in [0.2, 0.25) is 4.34 Å². The molecular formula is C9H15ClN2O2S2. The second-order valence-electron chi connectivity index (χ2n) is 3.56. The maximum absolute atomic E-state index is 11.8. The van der Waals surface area contributed by atoms with E-state index in [0.29, 0.717) is 10.9 Å². The molecule has 16 heavy (non-hydrogen) atoms. The molecule has 1 atom stereocenters. The first-order valence-electron chi connectivity index (χ1n) is 4.79. The van der Waals surface area contributed by atoms with Gasteiger partial charge in [0.15, 0.2) is 0 Å². The first-order valence-corrected chi connectivity index (χ1v) is 7.47. The number of thiophene rings is 1. The monoisotopic (exact) mass is 282 g/mol. The molecule has 0 aliphatic carbocycles. The van der Waals surface area contributed by atoms with Gasteiger partial charge < -0.3 is 5.32 Å². The second kappa shape index (κ2) is 5.46. The largest absolute Gasteiger partial charge is 0.316 e. The number of sulfonamides is 1. The number of aryl methyl sites for hydroxylation is 1. The molecule has 0 radical (unpaired) electrons. The minimum absolute atomic E-state index is 0.0892. The van der Waals surface area contributed by atoms with Gasteiger partial charge in [-0.1, -0.05) is 11.6 Å². The quantitative estimate of drug-likeness (QED) is 0.862. The standard InChI is InChI=1S/C9H15ClN2O2S2/c1-6-4-8(15-9(6)10)16(13,14)12-5-7(2)11-3/h4,7,11-12H,5H2,1-3H3. The molecule has 2 N–H and O–H groups in total. The van der Waals surface area contributed by atoms with Crippen molar-refractivity contribution in [2.75, 3.05) is 13.6 Å². The Morgan fingerprint density at radius 1 is 1.56 bits per heavy atom. The van der Waals surface area contributed by atoms with Crippen molar-refractivity contribution in [3.05, 3.63) is 16.0 Å². The number of hydrogen-bond donors (Lipinski definition) is 2. The van der Waals surface area contributed by atoms with Gasteiger partial charge in [0.05, 0.1) is 4.34 Å². The molecule has 0 aromatic carbocycles. The van der Waals surface area contributed by atoms with Crippen LogP contribution in [0.3, 0.4) is 0 Å². The molecular weight excluding hydrogens is 268 g/mol. The number of halogens is 1. The smallest absolute Gasteiger partial charge is 0.250 e. The van der Waals surface area contributed by atoms with Gasteiger partial charge in [-0.05, 0) is 32.5 Å². The average molecular weight is 283 g/mol. The minimum atomic E-state index is -3.42. The van der Waals surface area contributed by atoms with Crippen molar-refractivity contribution in [2.45, 2.75) is 24.1 Å². The van der Waals surface area contributed by atoms with Crippen LogP contribution >= 0.6 is 22.9 Å². The summed E-state index contributed by atoms with van der Waals surface area (Å²) in [6.45, 7) is 4.04. The molecule has 0 saturated heterocycles. The van der Waals surface area contributed by atoms with Crippen molar-refractivity contribution < 1.29 is 8.42 Å². The van der Waals surface area contributed by atoms with Gasteiger partial charge in [-0.3, -0.25) is 0 Å². The zero-order chi connectivity index (χ0) is 12.3. The zero-order valence-electron chi connectivity index (χ0n) is 9.37. The molecule has 0 amide bonds.